The largest absolute Gasteiger partial charge is 0.494 e. The molecular weight excluding hydrogens is 150 g/mol. The fourth-order valence-corrected chi connectivity index (χ4v) is 0.683. The predicted molar refractivity (Wildman–Crippen MR) is 48.9 cm³/mol. The van der Waals surface area contributed by atoms with E-state index in [9.17, 15) is 0 Å². The van der Waals surface area contributed by atoms with Crippen LogP contribution in [-0.2, 0) is 0 Å². The molecule has 0 aliphatic heterocycles. The molecule has 0 spiro atoms. The highest BCUT2D eigenvalue weighted by atomic mass is 16.5. The highest BCUT2D eigenvalue weighted by Crippen LogP contribution is 2.06. The average Bonchev–Trinajstić information content (AvgIpc) is 2.08. The van der Waals surface area contributed by atoms with Gasteiger partial charge in [-0.15, -0.1) is 0 Å². The predicted octanol–water partition coefficient (Wildman–Crippen LogP) is 2.62. The third-order valence-corrected chi connectivity index (χ3v) is 1.05. The summed E-state index contributed by atoms with van der Waals surface area (Å²) in [7, 11) is 0. The molecule has 0 N–H and O–H groups in total. The van der Waals surface area contributed by atoms with Gasteiger partial charge in [-0.05, 0) is 19.1 Å². The molecule has 0 saturated heterocycles. The monoisotopic (exact) mass is 163 g/mol. The number of benzene rings is 1. The van der Waals surface area contributed by atoms with Gasteiger partial charge in [-0.2, -0.15) is 5.26 Å². The number of hydrogen-bond acceptors (Lipinski definition) is 2. The molecule has 64 valence electrons. The summed E-state index contributed by atoms with van der Waals surface area (Å²) in [5.74, 6) is 0.944. The van der Waals surface area contributed by atoms with E-state index < -0.39 is 0 Å². The van der Waals surface area contributed by atoms with Crippen molar-refractivity contribution in [2.45, 2.75) is 13.8 Å². The van der Waals surface area contributed by atoms with Crippen LogP contribution in [0.1, 0.15) is 13.8 Å². The first-order valence-corrected chi connectivity index (χ1v) is 3.83. The van der Waals surface area contributed by atoms with Gasteiger partial charge in [0.2, 0.25) is 0 Å². The second-order valence-corrected chi connectivity index (χ2v) is 1.97. The summed E-state index contributed by atoms with van der Waals surface area (Å²) < 4.78 is 5.21. The molecule has 0 saturated carbocycles. The number of nitrogens with zero attached hydrogens (tertiary/aromatic N) is 1. The van der Waals surface area contributed by atoms with E-state index in [1.165, 1.54) is 6.92 Å². The van der Waals surface area contributed by atoms with Crippen LogP contribution < -0.4 is 4.74 Å². The first-order valence-electron chi connectivity index (χ1n) is 3.83. The summed E-state index contributed by atoms with van der Waals surface area (Å²) in [6.45, 7) is 4.15. The Morgan fingerprint density at radius 2 is 1.83 bits per heavy atom. The summed E-state index contributed by atoms with van der Waals surface area (Å²) in [6.07, 6.45) is 0. The fraction of sp³-hybridized carbons (Fsp3) is 0.300. The Balaban J connectivity index is 0.000000354. The SMILES string of the molecule is CC#N.CCOc1ccccc1. The maximum Gasteiger partial charge on any atom is 0.119 e. The second kappa shape index (κ2) is 7.62. The summed E-state index contributed by atoms with van der Waals surface area (Å²) in [6, 6.07) is 11.5. The standard InChI is InChI=1S/C8H10O.C2H3N/c1-2-9-8-6-4-3-5-7-8;1-2-3/h3-7H,2H2,1H3;1H3. The minimum Gasteiger partial charge on any atom is -0.494 e. The zero-order valence-corrected chi connectivity index (χ0v) is 7.45. The lowest BCUT2D eigenvalue weighted by Crippen LogP contribution is -1.89. The first kappa shape index (κ1) is 10.5. The van der Waals surface area contributed by atoms with Crippen LogP contribution in [0.5, 0.6) is 5.75 Å². The van der Waals surface area contributed by atoms with Crippen LogP contribution in [0.4, 0.5) is 0 Å². The fourth-order valence-electron chi connectivity index (χ4n) is 0.683. The van der Waals surface area contributed by atoms with Crippen molar-refractivity contribution in [1.82, 2.24) is 0 Å². The molecule has 2 heteroatoms. The third kappa shape index (κ3) is 5.31. The minimum absolute atomic E-state index is 0.740. The van der Waals surface area contributed by atoms with Crippen molar-refractivity contribution >= 4 is 0 Å². The normalized spacial score (nSPS) is 7.42. The van der Waals surface area contributed by atoms with E-state index in [0.29, 0.717) is 0 Å². The lowest BCUT2D eigenvalue weighted by molar-refractivity contribution is 0.340. The quantitative estimate of drug-likeness (QED) is 0.671. The molecule has 0 heterocycles. The molecule has 1 rings (SSSR count). The smallest absolute Gasteiger partial charge is 0.119 e. The molecule has 0 aromatic heterocycles. The van der Waals surface area contributed by atoms with Gasteiger partial charge in [-0.1, -0.05) is 18.2 Å². The van der Waals surface area contributed by atoms with Gasteiger partial charge in [-0.25, -0.2) is 0 Å². The third-order valence-electron chi connectivity index (χ3n) is 1.05. The summed E-state index contributed by atoms with van der Waals surface area (Å²) in [5, 5.41) is 7.32. The Morgan fingerprint density at radius 3 is 2.25 bits per heavy atom. The molecule has 0 bridgehead atoms. The van der Waals surface area contributed by atoms with Gasteiger partial charge in [0.25, 0.3) is 0 Å². The maximum atomic E-state index is 7.32. The molecule has 0 aliphatic carbocycles. The molecule has 1 aromatic rings. The van der Waals surface area contributed by atoms with Crippen LogP contribution in [-0.4, -0.2) is 6.61 Å². The van der Waals surface area contributed by atoms with Crippen molar-refractivity contribution in [2.75, 3.05) is 6.61 Å². The molecule has 0 aliphatic rings. The molecule has 0 radical (unpaired) electrons. The summed E-state index contributed by atoms with van der Waals surface area (Å²) in [4.78, 5) is 0. The second-order valence-electron chi connectivity index (χ2n) is 1.97. The molecule has 0 amide bonds. The van der Waals surface area contributed by atoms with E-state index in [2.05, 4.69) is 0 Å². The van der Waals surface area contributed by atoms with Gasteiger partial charge in [0.05, 0.1) is 12.7 Å². The Kier molecular flexibility index (Phi) is 6.67. The first-order chi connectivity index (χ1) is 5.85. The molecule has 12 heavy (non-hydrogen) atoms. The van der Waals surface area contributed by atoms with E-state index in [4.69, 9.17) is 10.00 Å². The van der Waals surface area contributed by atoms with Crippen LogP contribution in [0, 0.1) is 11.3 Å². The molecule has 1 aromatic carbocycles. The van der Waals surface area contributed by atoms with Crippen LogP contribution >= 0.6 is 0 Å². The van der Waals surface area contributed by atoms with Gasteiger partial charge >= 0.3 is 0 Å². The van der Waals surface area contributed by atoms with Crippen LogP contribution in [0.3, 0.4) is 0 Å². The Bertz CT molecular complexity index is 225. The van der Waals surface area contributed by atoms with Crippen molar-refractivity contribution in [3.63, 3.8) is 0 Å². The van der Waals surface area contributed by atoms with E-state index in [0.717, 1.165) is 12.4 Å². The van der Waals surface area contributed by atoms with Gasteiger partial charge in [0.1, 0.15) is 5.75 Å². The number of rotatable bonds is 2. The summed E-state index contributed by atoms with van der Waals surface area (Å²) >= 11 is 0. The van der Waals surface area contributed by atoms with E-state index >= 15 is 0 Å². The van der Waals surface area contributed by atoms with E-state index in [-0.39, 0.29) is 0 Å². The minimum atomic E-state index is 0.740. The van der Waals surface area contributed by atoms with Gasteiger partial charge in [-0.3, -0.25) is 0 Å². The van der Waals surface area contributed by atoms with Crippen LogP contribution in [0.25, 0.3) is 0 Å². The number of ether oxygens (including phenoxy) is 1. The number of para-hydroxylation sites is 1. The van der Waals surface area contributed by atoms with Crippen molar-refractivity contribution in [2.24, 2.45) is 0 Å². The van der Waals surface area contributed by atoms with E-state index in [1.54, 1.807) is 6.07 Å². The van der Waals surface area contributed by atoms with Crippen LogP contribution in [0.2, 0.25) is 0 Å². The zero-order chi connectivity index (χ0) is 9.23. The Labute approximate surface area is 73.4 Å². The van der Waals surface area contributed by atoms with Gasteiger partial charge in [0.15, 0.2) is 0 Å². The van der Waals surface area contributed by atoms with Gasteiger partial charge < -0.3 is 4.74 Å². The molecular formula is C10H13NO. The lowest BCUT2D eigenvalue weighted by Gasteiger charge is -1.99. The van der Waals surface area contributed by atoms with Gasteiger partial charge in [0, 0.05) is 6.92 Å². The zero-order valence-electron chi connectivity index (χ0n) is 7.45. The molecule has 2 nitrogen and oxygen atoms in total. The average molecular weight is 163 g/mol. The van der Waals surface area contributed by atoms with Crippen molar-refractivity contribution in [3.8, 4) is 11.8 Å². The highest BCUT2D eigenvalue weighted by molar-refractivity contribution is 5.20. The number of hydrogen-bond donors (Lipinski definition) is 0. The van der Waals surface area contributed by atoms with Crippen LogP contribution in [0.15, 0.2) is 30.3 Å². The number of nitriles is 1. The lowest BCUT2D eigenvalue weighted by atomic mass is 10.3. The molecule has 0 unspecified atom stereocenters. The molecule has 0 fully saturated rings. The maximum absolute atomic E-state index is 7.32. The highest BCUT2D eigenvalue weighted by Gasteiger charge is 1.83. The topological polar surface area (TPSA) is 33.0 Å². The van der Waals surface area contributed by atoms with E-state index in [1.807, 2.05) is 37.3 Å². The van der Waals surface area contributed by atoms with Crippen molar-refractivity contribution in [1.29, 1.82) is 5.26 Å². The Morgan fingerprint density at radius 1 is 1.33 bits per heavy atom. The molecule has 0 atom stereocenters. The van der Waals surface area contributed by atoms with Crippen molar-refractivity contribution < 1.29 is 4.74 Å². The Hall–Kier alpha value is -1.49. The van der Waals surface area contributed by atoms with Crippen molar-refractivity contribution in [3.05, 3.63) is 30.3 Å². The summed E-state index contributed by atoms with van der Waals surface area (Å²) in [5.41, 5.74) is 0.